The van der Waals surface area contributed by atoms with Gasteiger partial charge in [-0.2, -0.15) is 0 Å². The van der Waals surface area contributed by atoms with Gasteiger partial charge in [-0.1, -0.05) is 48.5 Å². The van der Waals surface area contributed by atoms with Crippen molar-refractivity contribution in [1.82, 2.24) is 4.98 Å². The Hall–Kier alpha value is -2.39. The molecule has 0 saturated heterocycles. The van der Waals surface area contributed by atoms with Crippen LogP contribution in [0.4, 0.5) is 5.82 Å². The van der Waals surface area contributed by atoms with Crippen molar-refractivity contribution in [1.29, 1.82) is 0 Å². The molecule has 0 saturated carbocycles. The molecular formula is C19H20N2O. The summed E-state index contributed by atoms with van der Waals surface area (Å²) in [5.74, 6) is 0.836. The third kappa shape index (κ3) is 3.26. The van der Waals surface area contributed by atoms with Crippen LogP contribution in [-0.4, -0.2) is 16.6 Å². The van der Waals surface area contributed by atoms with Crippen LogP contribution in [0.1, 0.15) is 18.9 Å². The molecule has 0 aliphatic heterocycles. The molecule has 1 atom stereocenters. The van der Waals surface area contributed by atoms with Gasteiger partial charge in [-0.05, 0) is 37.1 Å². The molecule has 0 amide bonds. The monoisotopic (exact) mass is 292 g/mol. The minimum absolute atomic E-state index is 0.617. The molecule has 0 spiro atoms. The predicted molar refractivity (Wildman–Crippen MR) is 90.9 cm³/mol. The number of benzene rings is 2. The summed E-state index contributed by atoms with van der Waals surface area (Å²) in [5.41, 5.74) is 1.07. The SMILES string of the molecule is CC(O)(CCNc1ccc2ccccc2n1)c1ccccc1. The van der Waals surface area contributed by atoms with Crippen LogP contribution in [0.15, 0.2) is 66.7 Å². The molecular weight excluding hydrogens is 272 g/mol. The lowest BCUT2D eigenvalue weighted by molar-refractivity contribution is 0.0515. The normalized spacial score (nSPS) is 13.7. The maximum atomic E-state index is 10.6. The zero-order chi connectivity index (χ0) is 15.4. The van der Waals surface area contributed by atoms with E-state index in [0.29, 0.717) is 13.0 Å². The lowest BCUT2D eigenvalue weighted by Gasteiger charge is -2.24. The Morgan fingerprint density at radius 1 is 0.955 bits per heavy atom. The maximum absolute atomic E-state index is 10.6. The number of pyridine rings is 1. The minimum atomic E-state index is -0.842. The topological polar surface area (TPSA) is 45.1 Å². The number of hydrogen-bond donors (Lipinski definition) is 2. The Labute approximate surface area is 130 Å². The van der Waals surface area contributed by atoms with Gasteiger partial charge in [-0.3, -0.25) is 0 Å². The minimum Gasteiger partial charge on any atom is -0.385 e. The molecule has 0 bridgehead atoms. The van der Waals surface area contributed by atoms with Crippen LogP contribution in [0.2, 0.25) is 0 Å². The third-order valence-electron chi connectivity index (χ3n) is 3.91. The molecule has 0 aliphatic rings. The van der Waals surface area contributed by atoms with Gasteiger partial charge >= 0.3 is 0 Å². The summed E-state index contributed by atoms with van der Waals surface area (Å²) < 4.78 is 0. The average Bonchev–Trinajstić information content (AvgIpc) is 2.55. The second-order valence-electron chi connectivity index (χ2n) is 5.71. The zero-order valence-electron chi connectivity index (χ0n) is 12.7. The molecule has 3 nitrogen and oxygen atoms in total. The number of hydrogen-bond acceptors (Lipinski definition) is 3. The van der Waals surface area contributed by atoms with Crippen molar-refractivity contribution in [2.45, 2.75) is 18.9 Å². The highest BCUT2D eigenvalue weighted by atomic mass is 16.3. The second-order valence-corrected chi connectivity index (χ2v) is 5.71. The number of nitrogens with one attached hydrogen (secondary N) is 1. The van der Waals surface area contributed by atoms with E-state index < -0.39 is 5.60 Å². The smallest absolute Gasteiger partial charge is 0.126 e. The van der Waals surface area contributed by atoms with Crippen LogP contribution in [0, 0.1) is 0 Å². The van der Waals surface area contributed by atoms with Crippen LogP contribution >= 0.6 is 0 Å². The van der Waals surface area contributed by atoms with Gasteiger partial charge in [0, 0.05) is 11.9 Å². The lowest BCUT2D eigenvalue weighted by atomic mass is 9.93. The van der Waals surface area contributed by atoms with E-state index in [0.717, 1.165) is 22.3 Å². The van der Waals surface area contributed by atoms with E-state index in [1.807, 2.05) is 67.6 Å². The second kappa shape index (κ2) is 6.16. The highest BCUT2D eigenvalue weighted by molar-refractivity contribution is 5.80. The fraction of sp³-hybridized carbons (Fsp3) is 0.211. The van der Waals surface area contributed by atoms with Crippen molar-refractivity contribution < 1.29 is 5.11 Å². The summed E-state index contributed by atoms with van der Waals surface area (Å²) in [6, 6.07) is 21.8. The van der Waals surface area contributed by atoms with Crippen molar-refractivity contribution in [3.8, 4) is 0 Å². The fourth-order valence-electron chi connectivity index (χ4n) is 2.54. The number of nitrogens with zero attached hydrogens (tertiary/aromatic N) is 1. The van der Waals surface area contributed by atoms with E-state index in [1.54, 1.807) is 0 Å². The maximum Gasteiger partial charge on any atom is 0.126 e. The molecule has 3 rings (SSSR count). The largest absolute Gasteiger partial charge is 0.385 e. The van der Waals surface area contributed by atoms with Crippen molar-refractivity contribution in [3.05, 3.63) is 72.3 Å². The summed E-state index contributed by atoms with van der Waals surface area (Å²) in [7, 11) is 0. The van der Waals surface area contributed by atoms with Crippen LogP contribution in [-0.2, 0) is 5.60 Å². The molecule has 0 fully saturated rings. The standard InChI is InChI=1S/C19H20N2O/c1-19(22,16-8-3-2-4-9-16)13-14-20-18-12-11-15-7-5-6-10-17(15)21-18/h2-12,22H,13-14H2,1H3,(H,20,21). The summed E-state index contributed by atoms with van der Waals surface area (Å²) in [6.45, 7) is 2.51. The van der Waals surface area contributed by atoms with Gasteiger partial charge < -0.3 is 10.4 Å². The molecule has 3 heteroatoms. The van der Waals surface area contributed by atoms with E-state index in [2.05, 4.69) is 16.4 Å². The van der Waals surface area contributed by atoms with Crippen molar-refractivity contribution in [2.24, 2.45) is 0 Å². The molecule has 0 radical (unpaired) electrons. The fourth-order valence-corrected chi connectivity index (χ4v) is 2.54. The van der Waals surface area contributed by atoms with Gasteiger partial charge in [-0.15, -0.1) is 0 Å². The van der Waals surface area contributed by atoms with Gasteiger partial charge in [0.1, 0.15) is 5.82 Å². The summed E-state index contributed by atoms with van der Waals surface area (Å²) >= 11 is 0. The van der Waals surface area contributed by atoms with Gasteiger partial charge in [0.25, 0.3) is 0 Å². The molecule has 2 N–H and O–H groups in total. The van der Waals surface area contributed by atoms with Crippen LogP contribution < -0.4 is 5.32 Å². The first-order valence-corrected chi connectivity index (χ1v) is 7.53. The van der Waals surface area contributed by atoms with Crippen LogP contribution in [0.5, 0.6) is 0 Å². The number of para-hydroxylation sites is 1. The van der Waals surface area contributed by atoms with Crippen molar-refractivity contribution in [2.75, 3.05) is 11.9 Å². The Morgan fingerprint density at radius 2 is 1.68 bits per heavy atom. The highest BCUT2D eigenvalue weighted by Gasteiger charge is 2.21. The number of fused-ring (bicyclic) bond motifs is 1. The lowest BCUT2D eigenvalue weighted by Crippen LogP contribution is -2.24. The number of aromatic nitrogens is 1. The highest BCUT2D eigenvalue weighted by Crippen LogP contribution is 2.24. The number of anilines is 1. The first kappa shape index (κ1) is 14.5. The predicted octanol–water partition coefficient (Wildman–Crippen LogP) is 3.94. The van der Waals surface area contributed by atoms with E-state index in [9.17, 15) is 5.11 Å². The Bertz CT molecular complexity index is 753. The van der Waals surface area contributed by atoms with Crippen molar-refractivity contribution in [3.63, 3.8) is 0 Å². The molecule has 0 aliphatic carbocycles. The number of aliphatic hydroxyl groups is 1. The average molecular weight is 292 g/mol. The molecule has 22 heavy (non-hydrogen) atoms. The van der Waals surface area contributed by atoms with Crippen LogP contribution in [0.25, 0.3) is 10.9 Å². The molecule has 2 aromatic carbocycles. The Morgan fingerprint density at radius 3 is 2.50 bits per heavy atom. The molecule has 1 unspecified atom stereocenters. The quantitative estimate of drug-likeness (QED) is 0.748. The third-order valence-corrected chi connectivity index (χ3v) is 3.91. The van der Waals surface area contributed by atoms with Crippen LogP contribution in [0.3, 0.4) is 0 Å². The van der Waals surface area contributed by atoms with E-state index in [-0.39, 0.29) is 0 Å². The number of rotatable bonds is 5. The summed E-state index contributed by atoms with van der Waals surface area (Å²) in [5, 5.41) is 15.0. The molecule has 112 valence electrons. The van der Waals surface area contributed by atoms with Crippen molar-refractivity contribution >= 4 is 16.7 Å². The summed E-state index contributed by atoms with van der Waals surface area (Å²) in [4.78, 5) is 4.57. The Balaban J connectivity index is 1.64. The van der Waals surface area contributed by atoms with Gasteiger partial charge in [0.15, 0.2) is 0 Å². The summed E-state index contributed by atoms with van der Waals surface area (Å²) in [6.07, 6.45) is 0.617. The van der Waals surface area contributed by atoms with Gasteiger partial charge in [0.05, 0.1) is 11.1 Å². The Kier molecular flexibility index (Phi) is 4.07. The first-order chi connectivity index (χ1) is 10.6. The van der Waals surface area contributed by atoms with E-state index in [4.69, 9.17) is 0 Å². The van der Waals surface area contributed by atoms with Gasteiger partial charge in [0.2, 0.25) is 0 Å². The van der Waals surface area contributed by atoms with E-state index in [1.165, 1.54) is 0 Å². The molecule has 3 aromatic rings. The molecule has 1 aromatic heterocycles. The molecule has 1 heterocycles. The van der Waals surface area contributed by atoms with E-state index >= 15 is 0 Å². The van der Waals surface area contributed by atoms with Gasteiger partial charge in [-0.25, -0.2) is 4.98 Å². The first-order valence-electron chi connectivity index (χ1n) is 7.53. The zero-order valence-corrected chi connectivity index (χ0v) is 12.7.